The number of aliphatic hydroxyl groups is 1. The van der Waals surface area contributed by atoms with Crippen molar-refractivity contribution in [2.45, 2.75) is 44.5 Å². The standard InChI is InChI=1S/C38H38Cl2FN7O5/c1-42-34(51)14-24(49)19-43-16-22-17-45-32-13-21(11-12-48(32)38(22)52)25-5-3-6-26(35(25)39)27-7-4-8-28(36(27)40)31-15-30(41)29(37(47-31)53-2)20-44-18-23-9-10-33(50)46-23/h3-8,11-13,15,17,23-24,43-44,49H,9-10,14,16,18-20H2,1-2H3,(H,42,51)(H,46,50). The predicted octanol–water partition coefficient (Wildman–Crippen LogP) is 4.50. The second kappa shape index (κ2) is 16.8. The highest BCUT2D eigenvalue weighted by Crippen LogP contribution is 2.42. The smallest absolute Gasteiger partial charge is 0.262 e. The number of ether oxygens (including phenoxy) is 1. The second-order valence-corrected chi connectivity index (χ2v) is 13.4. The molecule has 5 N–H and O–H groups in total. The molecule has 0 saturated carbocycles. The summed E-state index contributed by atoms with van der Waals surface area (Å²) < 4.78 is 22.5. The van der Waals surface area contributed by atoms with E-state index in [1.54, 1.807) is 30.5 Å². The Morgan fingerprint density at radius 3 is 2.47 bits per heavy atom. The van der Waals surface area contributed by atoms with E-state index in [1.807, 2.05) is 24.3 Å². The molecule has 12 nitrogen and oxygen atoms in total. The Hall–Kier alpha value is -4.92. The van der Waals surface area contributed by atoms with Crippen molar-refractivity contribution in [3.05, 3.63) is 104 Å². The van der Waals surface area contributed by atoms with E-state index in [1.165, 1.54) is 30.8 Å². The van der Waals surface area contributed by atoms with E-state index in [9.17, 15) is 19.5 Å². The number of methoxy groups -OCH3 is 1. The lowest BCUT2D eigenvalue weighted by atomic mass is 9.97. The van der Waals surface area contributed by atoms with Gasteiger partial charge in [-0.3, -0.25) is 18.8 Å². The zero-order chi connectivity index (χ0) is 37.6. The molecule has 0 radical (unpaired) electrons. The fraction of sp³-hybridized carbons (Fsp3) is 0.289. The Bertz CT molecular complexity index is 2230. The van der Waals surface area contributed by atoms with Gasteiger partial charge in [0.1, 0.15) is 11.5 Å². The number of hydrogen-bond acceptors (Lipinski definition) is 9. The molecule has 2 unspecified atom stereocenters. The minimum atomic E-state index is -0.894. The maximum atomic E-state index is 15.6. The van der Waals surface area contributed by atoms with Crippen LogP contribution in [0, 0.1) is 5.82 Å². The molecule has 1 aliphatic heterocycles. The van der Waals surface area contributed by atoms with Crippen LogP contribution >= 0.6 is 23.2 Å². The summed E-state index contributed by atoms with van der Waals surface area (Å²) in [5, 5.41) is 22.3. The molecule has 2 amide bonds. The molecule has 6 rings (SSSR count). The van der Waals surface area contributed by atoms with Crippen LogP contribution in [0.15, 0.2) is 71.8 Å². The molecule has 3 aromatic heterocycles. The summed E-state index contributed by atoms with van der Waals surface area (Å²) in [6, 6.07) is 15.7. The minimum Gasteiger partial charge on any atom is -0.481 e. The van der Waals surface area contributed by atoms with Gasteiger partial charge >= 0.3 is 0 Å². The number of hydrogen-bond donors (Lipinski definition) is 5. The van der Waals surface area contributed by atoms with Gasteiger partial charge in [-0.05, 0) is 24.1 Å². The van der Waals surface area contributed by atoms with Crippen molar-refractivity contribution < 1.29 is 23.8 Å². The van der Waals surface area contributed by atoms with Crippen LogP contribution in [0.5, 0.6) is 5.88 Å². The normalized spacial score (nSPS) is 14.7. The topological polar surface area (TPSA) is 159 Å². The Kier molecular flexibility index (Phi) is 12.0. The van der Waals surface area contributed by atoms with E-state index >= 15 is 4.39 Å². The number of fused-ring (bicyclic) bond motifs is 1. The largest absolute Gasteiger partial charge is 0.481 e. The van der Waals surface area contributed by atoms with Gasteiger partial charge in [-0.1, -0.05) is 59.6 Å². The molecule has 1 fully saturated rings. The summed E-state index contributed by atoms with van der Waals surface area (Å²) in [6.07, 6.45) is 3.37. The van der Waals surface area contributed by atoms with Crippen LogP contribution in [0.3, 0.4) is 0 Å². The number of benzene rings is 2. The SMILES string of the molecule is CNC(=O)CC(O)CNCc1cnc2cc(-c3cccc(-c4cccc(-c5cc(F)c(CNCC6CCC(=O)N6)c(OC)n5)c4Cl)c3Cl)ccn2c1=O. The van der Waals surface area contributed by atoms with Gasteiger partial charge in [-0.15, -0.1) is 0 Å². The van der Waals surface area contributed by atoms with Crippen molar-refractivity contribution in [3.8, 4) is 39.4 Å². The maximum Gasteiger partial charge on any atom is 0.262 e. The van der Waals surface area contributed by atoms with Crippen molar-refractivity contribution in [3.63, 3.8) is 0 Å². The molecular weight excluding hydrogens is 724 g/mol. The highest BCUT2D eigenvalue weighted by atomic mass is 35.5. The summed E-state index contributed by atoms with van der Waals surface area (Å²) in [5.74, 6) is -0.660. The zero-order valence-corrected chi connectivity index (χ0v) is 30.5. The first-order valence-electron chi connectivity index (χ1n) is 17.0. The van der Waals surface area contributed by atoms with Gasteiger partial charge in [0.15, 0.2) is 0 Å². The van der Waals surface area contributed by atoms with Crippen LogP contribution < -0.4 is 31.6 Å². The average molecular weight is 763 g/mol. The summed E-state index contributed by atoms with van der Waals surface area (Å²) in [4.78, 5) is 45.3. The lowest BCUT2D eigenvalue weighted by Gasteiger charge is -2.16. The molecule has 2 atom stereocenters. The fourth-order valence-electron chi connectivity index (χ4n) is 6.25. The van der Waals surface area contributed by atoms with Crippen molar-refractivity contribution in [1.29, 1.82) is 0 Å². The van der Waals surface area contributed by atoms with Gasteiger partial charge in [0.2, 0.25) is 17.7 Å². The molecule has 0 spiro atoms. The Balaban J connectivity index is 1.23. The Morgan fingerprint density at radius 2 is 1.77 bits per heavy atom. The molecule has 15 heteroatoms. The Morgan fingerprint density at radius 1 is 1.06 bits per heavy atom. The molecule has 1 saturated heterocycles. The van der Waals surface area contributed by atoms with Crippen LogP contribution in [0.4, 0.5) is 4.39 Å². The number of rotatable bonds is 14. The molecule has 1 aliphatic rings. The molecular formula is C38H38Cl2FN7O5. The van der Waals surface area contributed by atoms with Crippen molar-refractivity contribution in [1.82, 2.24) is 35.6 Å². The average Bonchev–Trinajstić information content (AvgIpc) is 3.57. The highest BCUT2D eigenvalue weighted by Gasteiger charge is 2.22. The van der Waals surface area contributed by atoms with E-state index < -0.39 is 11.9 Å². The summed E-state index contributed by atoms with van der Waals surface area (Å²) in [5.41, 5.74) is 4.19. The molecule has 0 bridgehead atoms. The number of nitrogens with one attached hydrogen (secondary N) is 4. The zero-order valence-electron chi connectivity index (χ0n) is 29.0. The van der Waals surface area contributed by atoms with Crippen LogP contribution in [-0.2, 0) is 22.7 Å². The number of pyridine rings is 2. The number of nitrogens with zero attached hydrogens (tertiary/aromatic N) is 3. The molecule has 5 aromatic rings. The molecule has 2 aromatic carbocycles. The number of halogens is 3. The van der Waals surface area contributed by atoms with Gasteiger partial charge in [0.25, 0.3) is 5.56 Å². The summed E-state index contributed by atoms with van der Waals surface area (Å²) >= 11 is 14.1. The number of aliphatic hydroxyl groups excluding tert-OH is 1. The molecule has 53 heavy (non-hydrogen) atoms. The van der Waals surface area contributed by atoms with Gasteiger partial charge in [-0.25, -0.2) is 14.4 Å². The lowest BCUT2D eigenvalue weighted by Crippen LogP contribution is -2.35. The number of aromatic nitrogens is 3. The minimum absolute atomic E-state index is 0.00391. The summed E-state index contributed by atoms with van der Waals surface area (Å²) in [6.45, 7) is 0.945. The lowest BCUT2D eigenvalue weighted by molar-refractivity contribution is -0.122. The predicted molar refractivity (Wildman–Crippen MR) is 201 cm³/mol. The van der Waals surface area contributed by atoms with Gasteiger partial charge < -0.3 is 31.1 Å². The third-order valence-corrected chi connectivity index (χ3v) is 9.87. The van der Waals surface area contributed by atoms with E-state index in [2.05, 4.69) is 31.2 Å². The quantitative estimate of drug-likeness (QED) is 0.110. The third kappa shape index (κ3) is 8.50. The Labute approximate surface area is 314 Å². The van der Waals surface area contributed by atoms with E-state index in [-0.39, 0.29) is 66.6 Å². The van der Waals surface area contributed by atoms with Crippen LogP contribution in [0.2, 0.25) is 10.0 Å². The van der Waals surface area contributed by atoms with Crippen molar-refractivity contribution in [2.75, 3.05) is 27.2 Å². The highest BCUT2D eigenvalue weighted by molar-refractivity contribution is 6.39. The van der Waals surface area contributed by atoms with E-state index in [0.717, 1.165) is 6.42 Å². The van der Waals surface area contributed by atoms with E-state index in [4.69, 9.17) is 27.9 Å². The van der Waals surface area contributed by atoms with Crippen molar-refractivity contribution >= 4 is 40.7 Å². The molecule has 0 aliphatic carbocycles. The maximum absolute atomic E-state index is 15.6. The van der Waals surface area contributed by atoms with Crippen LogP contribution in [0.25, 0.3) is 39.2 Å². The number of carbonyl (C=O) groups is 2. The fourth-order valence-corrected chi connectivity index (χ4v) is 6.91. The van der Waals surface area contributed by atoms with Gasteiger partial charge in [0, 0.05) is 92.0 Å². The monoisotopic (exact) mass is 761 g/mol. The van der Waals surface area contributed by atoms with Gasteiger partial charge in [0.05, 0.1) is 40.9 Å². The second-order valence-electron chi connectivity index (χ2n) is 12.6. The number of amides is 2. The number of carbonyl (C=O) groups excluding carboxylic acids is 2. The molecule has 4 heterocycles. The molecule has 276 valence electrons. The summed E-state index contributed by atoms with van der Waals surface area (Å²) in [7, 11) is 2.93. The van der Waals surface area contributed by atoms with Crippen LogP contribution in [-0.4, -0.2) is 70.7 Å². The van der Waals surface area contributed by atoms with Gasteiger partial charge in [-0.2, -0.15) is 0 Å². The first-order valence-corrected chi connectivity index (χ1v) is 17.7. The third-order valence-electron chi connectivity index (χ3n) is 9.05. The first kappa shape index (κ1) is 37.8. The van der Waals surface area contributed by atoms with Crippen LogP contribution in [0.1, 0.15) is 30.4 Å². The first-order chi connectivity index (χ1) is 25.6. The van der Waals surface area contributed by atoms with E-state index in [0.29, 0.717) is 62.0 Å². The van der Waals surface area contributed by atoms with Crippen molar-refractivity contribution in [2.24, 2.45) is 0 Å².